The Morgan fingerprint density at radius 3 is 2.48 bits per heavy atom. The van der Waals surface area contributed by atoms with Gasteiger partial charge in [0.2, 0.25) is 0 Å². The molecule has 6 nitrogen and oxygen atoms in total. The van der Waals surface area contributed by atoms with Crippen LogP contribution in [0.4, 0.5) is 18.9 Å². The zero-order chi connectivity index (χ0) is 18.8. The number of halogens is 3. The Morgan fingerprint density at radius 1 is 1.28 bits per heavy atom. The summed E-state index contributed by atoms with van der Waals surface area (Å²) in [6.45, 7) is 6.00. The Morgan fingerprint density at radius 2 is 1.96 bits per heavy atom. The van der Waals surface area contributed by atoms with Crippen molar-refractivity contribution in [1.82, 2.24) is 15.0 Å². The molecule has 2 aromatic rings. The van der Waals surface area contributed by atoms with Crippen molar-refractivity contribution < 1.29 is 22.7 Å². The quantitative estimate of drug-likeness (QED) is 0.910. The van der Waals surface area contributed by atoms with Crippen LogP contribution in [0.5, 0.6) is 5.75 Å². The van der Waals surface area contributed by atoms with E-state index in [4.69, 9.17) is 4.74 Å². The molecule has 1 aromatic carbocycles. The summed E-state index contributed by atoms with van der Waals surface area (Å²) in [4.78, 5) is 12.2. The van der Waals surface area contributed by atoms with E-state index >= 15 is 0 Å². The first-order chi connectivity index (χ1) is 11.5. The largest absolute Gasteiger partial charge is 0.484 e. The average molecular weight is 356 g/mol. The summed E-state index contributed by atoms with van der Waals surface area (Å²) in [5, 5.41) is 10.4. The number of aryl methyl sites for hydroxylation is 1. The lowest BCUT2D eigenvalue weighted by molar-refractivity contribution is -0.153. The van der Waals surface area contributed by atoms with Crippen LogP contribution in [0.15, 0.2) is 24.4 Å². The third kappa shape index (κ3) is 5.20. The molecule has 0 aliphatic rings. The molecule has 0 aliphatic heterocycles. The highest BCUT2D eigenvalue weighted by Gasteiger charge is 2.28. The monoisotopic (exact) mass is 356 g/mol. The fourth-order valence-corrected chi connectivity index (χ4v) is 1.94. The number of hydrogen-bond acceptors (Lipinski definition) is 4. The van der Waals surface area contributed by atoms with Crippen LogP contribution in [0.2, 0.25) is 0 Å². The van der Waals surface area contributed by atoms with Crippen molar-refractivity contribution in [2.75, 3.05) is 11.9 Å². The molecule has 9 heteroatoms. The molecule has 0 aliphatic carbocycles. The van der Waals surface area contributed by atoms with Gasteiger partial charge in [0.1, 0.15) is 5.75 Å². The number of nitrogens with one attached hydrogen (secondary N) is 1. The molecule has 0 spiro atoms. The smallest absolute Gasteiger partial charge is 0.422 e. The number of rotatable bonds is 4. The van der Waals surface area contributed by atoms with Gasteiger partial charge in [0, 0.05) is 5.69 Å². The number of benzene rings is 1. The van der Waals surface area contributed by atoms with Crippen molar-refractivity contribution in [3.8, 4) is 5.75 Å². The van der Waals surface area contributed by atoms with Crippen LogP contribution >= 0.6 is 0 Å². The van der Waals surface area contributed by atoms with Crippen LogP contribution in [-0.4, -0.2) is 33.7 Å². The van der Waals surface area contributed by atoms with Crippen LogP contribution in [0.3, 0.4) is 0 Å². The molecule has 0 unspecified atom stereocenters. The van der Waals surface area contributed by atoms with E-state index in [2.05, 4.69) is 15.6 Å². The van der Waals surface area contributed by atoms with E-state index in [1.165, 1.54) is 24.4 Å². The van der Waals surface area contributed by atoms with Crippen LogP contribution in [0, 0.1) is 6.92 Å². The van der Waals surface area contributed by atoms with Crippen LogP contribution < -0.4 is 10.1 Å². The topological polar surface area (TPSA) is 69.0 Å². The number of ether oxygens (including phenoxy) is 1. The number of hydrogen-bond donors (Lipinski definition) is 1. The SMILES string of the molecule is Cc1cc(NC(=O)c2cn(C(C)(C)C)nn2)ccc1OCC(F)(F)F. The normalized spacial score (nSPS) is 12.1. The first-order valence-corrected chi connectivity index (χ1v) is 7.50. The molecule has 25 heavy (non-hydrogen) atoms. The van der Waals surface area contributed by atoms with Crippen molar-refractivity contribution in [3.63, 3.8) is 0 Å². The third-order valence-corrected chi connectivity index (χ3v) is 3.24. The Bertz CT molecular complexity index is 763. The van der Waals surface area contributed by atoms with Gasteiger partial charge in [-0.05, 0) is 51.5 Å². The van der Waals surface area contributed by atoms with E-state index < -0.39 is 18.7 Å². The maximum Gasteiger partial charge on any atom is 0.422 e. The molecule has 136 valence electrons. The van der Waals surface area contributed by atoms with Gasteiger partial charge >= 0.3 is 6.18 Å². The minimum atomic E-state index is -4.40. The highest BCUT2D eigenvalue weighted by molar-refractivity contribution is 6.02. The van der Waals surface area contributed by atoms with Gasteiger partial charge in [0.05, 0.1) is 11.7 Å². The number of aromatic nitrogens is 3. The number of amides is 1. The number of carbonyl (C=O) groups is 1. The highest BCUT2D eigenvalue weighted by Crippen LogP contribution is 2.25. The van der Waals surface area contributed by atoms with E-state index in [1.807, 2.05) is 20.8 Å². The Kier molecular flexibility index (Phi) is 5.05. The van der Waals surface area contributed by atoms with E-state index in [0.29, 0.717) is 11.3 Å². The van der Waals surface area contributed by atoms with E-state index in [-0.39, 0.29) is 17.0 Å². The van der Waals surface area contributed by atoms with Gasteiger partial charge < -0.3 is 10.1 Å². The van der Waals surface area contributed by atoms with Crippen molar-refractivity contribution in [2.45, 2.75) is 39.4 Å². The number of nitrogens with zero attached hydrogens (tertiary/aromatic N) is 3. The molecule has 0 saturated heterocycles. The van der Waals surface area contributed by atoms with Gasteiger partial charge in [-0.15, -0.1) is 5.10 Å². The fraction of sp³-hybridized carbons (Fsp3) is 0.438. The maximum absolute atomic E-state index is 12.2. The molecule has 0 atom stereocenters. The lowest BCUT2D eigenvalue weighted by Crippen LogP contribution is -2.22. The summed E-state index contributed by atoms with van der Waals surface area (Å²) in [7, 11) is 0. The van der Waals surface area contributed by atoms with Gasteiger partial charge in [-0.1, -0.05) is 5.21 Å². The second-order valence-electron chi connectivity index (χ2n) is 6.56. The fourth-order valence-electron chi connectivity index (χ4n) is 1.94. The second kappa shape index (κ2) is 6.73. The van der Waals surface area contributed by atoms with Crippen molar-refractivity contribution >= 4 is 11.6 Å². The van der Waals surface area contributed by atoms with Gasteiger partial charge in [-0.2, -0.15) is 13.2 Å². The lowest BCUT2D eigenvalue weighted by Gasteiger charge is -2.17. The summed E-state index contributed by atoms with van der Waals surface area (Å²) in [6, 6.07) is 4.37. The van der Waals surface area contributed by atoms with Gasteiger partial charge in [0.25, 0.3) is 5.91 Å². The van der Waals surface area contributed by atoms with Crippen molar-refractivity contribution in [2.24, 2.45) is 0 Å². The predicted octanol–water partition coefficient (Wildman–Crippen LogP) is 3.53. The lowest BCUT2D eigenvalue weighted by atomic mass is 10.1. The summed E-state index contributed by atoms with van der Waals surface area (Å²) in [5.41, 5.74) is 0.733. The highest BCUT2D eigenvalue weighted by atomic mass is 19.4. The first-order valence-electron chi connectivity index (χ1n) is 7.50. The van der Waals surface area contributed by atoms with Gasteiger partial charge in [-0.3, -0.25) is 4.79 Å². The van der Waals surface area contributed by atoms with Gasteiger partial charge in [0.15, 0.2) is 12.3 Å². The molecular formula is C16H19F3N4O2. The Labute approximate surface area is 143 Å². The number of alkyl halides is 3. The van der Waals surface area contributed by atoms with Crippen LogP contribution in [-0.2, 0) is 5.54 Å². The molecule has 1 aromatic heterocycles. The summed E-state index contributed by atoms with van der Waals surface area (Å²) < 4.78 is 42.9. The summed E-state index contributed by atoms with van der Waals surface area (Å²) >= 11 is 0. The molecule has 2 rings (SSSR count). The summed E-state index contributed by atoms with van der Waals surface area (Å²) in [6.07, 6.45) is -2.87. The van der Waals surface area contributed by atoms with E-state index in [0.717, 1.165) is 0 Å². The standard InChI is InChI=1S/C16H19F3N4O2/c1-10-7-11(5-6-13(10)25-9-16(17,18)19)20-14(24)12-8-23(22-21-12)15(2,3)4/h5-8H,9H2,1-4H3,(H,20,24). The molecule has 0 fully saturated rings. The average Bonchev–Trinajstić information content (AvgIpc) is 2.95. The molecule has 1 N–H and O–H groups in total. The summed E-state index contributed by atoms with van der Waals surface area (Å²) in [5.74, 6) is -0.354. The zero-order valence-corrected chi connectivity index (χ0v) is 14.3. The van der Waals surface area contributed by atoms with Crippen LogP contribution in [0.1, 0.15) is 36.8 Å². The van der Waals surface area contributed by atoms with Crippen LogP contribution in [0.25, 0.3) is 0 Å². The molecular weight excluding hydrogens is 337 g/mol. The number of carbonyl (C=O) groups excluding carboxylic acids is 1. The molecule has 0 radical (unpaired) electrons. The van der Waals surface area contributed by atoms with Gasteiger partial charge in [-0.25, -0.2) is 4.68 Å². The molecule has 1 heterocycles. The maximum atomic E-state index is 12.2. The van der Waals surface area contributed by atoms with Crippen molar-refractivity contribution in [3.05, 3.63) is 35.7 Å². The second-order valence-corrected chi connectivity index (χ2v) is 6.56. The molecule has 0 saturated carbocycles. The van der Waals surface area contributed by atoms with E-state index in [9.17, 15) is 18.0 Å². The Balaban J connectivity index is 2.06. The number of anilines is 1. The minimum Gasteiger partial charge on any atom is -0.484 e. The minimum absolute atomic E-state index is 0.106. The third-order valence-electron chi connectivity index (χ3n) is 3.24. The zero-order valence-electron chi connectivity index (χ0n) is 14.3. The molecule has 0 bridgehead atoms. The van der Waals surface area contributed by atoms with E-state index in [1.54, 1.807) is 11.6 Å². The predicted molar refractivity (Wildman–Crippen MR) is 85.7 cm³/mol. The Hall–Kier alpha value is -2.58. The first kappa shape index (κ1) is 18.8. The molecule has 1 amide bonds. The van der Waals surface area contributed by atoms with Crippen molar-refractivity contribution in [1.29, 1.82) is 0 Å².